The fraction of sp³-hybridized carbons (Fsp3) is 0.0698. The van der Waals surface area contributed by atoms with Crippen LogP contribution < -0.4 is 4.74 Å². The molecule has 10 rings (SSSR count). The lowest BCUT2D eigenvalue weighted by molar-refractivity contribution is 0.486. The molecule has 0 N–H and O–H groups in total. The fourth-order valence-electron chi connectivity index (χ4n) is 8.40. The maximum Gasteiger partial charge on any atom is 0.135 e. The molecule has 0 radical (unpaired) electrons. The Kier molecular flexibility index (Phi) is 4.58. The van der Waals surface area contributed by atoms with Gasteiger partial charge in [-0.2, -0.15) is 0 Å². The second-order valence-electron chi connectivity index (χ2n) is 12.5. The van der Waals surface area contributed by atoms with Crippen molar-refractivity contribution in [3.63, 3.8) is 0 Å². The van der Waals surface area contributed by atoms with E-state index in [0.29, 0.717) is 0 Å². The van der Waals surface area contributed by atoms with Crippen molar-refractivity contribution in [2.75, 3.05) is 0 Å². The van der Waals surface area contributed by atoms with Gasteiger partial charge in [-0.1, -0.05) is 109 Å². The zero-order valence-corrected chi connectivity index (χ0v) is 24.6. The third-order valence-electron chi connectivity index (χ3n) is 10.4. The predicted octanol–water partition coefficient (Wildman–Crippen LogP) is 11.2. The zero-order chi connectivity index (χ0) is 29.2. The Bertz CT molecular complexity index is 2330. The lowest BCUT2D eigenvalue weighted by Crippen LogP contribution is -2.25. The van der Waals surface area contributed by atoms with Crippen molar-refractivity contribution < 1.29 is 4.74 Å². The molecular weight excluding hydrogens is 532 g/mol. The van der Waals surface area contributed by atoms with E-state index in [2.05, 4.69) is 147 Å². The standard InChI is InChI=1S/C43H28O/c1-25-22-35-34-14-9-13-33-28(20-21-40(42(33)34)44-41(35)23-26(25)2)27-18-19-32-31-12-5-8-17-38(31)43(39(32)24-27)36-15-6-3-10-29(36)30-11-4-7-16-37(30)43/h3-24H,1-2H3. The molecule has 1 heteroatoms. The van der Waals surface area contributed by atoms with E-state index in [1.54, 1.807) is 0 Å². The molecule has 44 heavy (non-hydrogen) atoms. The minimum atomic E-state index is -0.348. The molecule has 1 nitrogen and oxygen atoms in total. The number of fused-ring (bicyclic) bond motifs is 12. The van der Waals surface area contributed by atoms with Crippen LogP contribution in [-0.2, 0) is 5.41 Å². The second kappa shape index (κ2) is 8.36. The van der Waals surface area contributed by atoms with Gasteiger partial charge in [0.05, 0.1) is 5.41 Å². The summed E-state index contributed by atoms with van der Waals surface area (Å²) in [5.74, 6) is 1.87. The first-order chi connectivity index (χ1) is 21.6. The van der Waals surface area contributed by atoms with Gasteiger partial charge < -0.3 is 4.74 Å². The van der Waals surface area contributed by atoms with Crippen LogP contribution in [-0.4, -0.2) is 0 Å². The Morgan fingerprint density at radius 1 is 0.409 bits per heavy atom. The smallest absolute Gasteiger partial charge is 0.135 e. The van der Waals surface area contributed by atoms with Gasteiger partial charge in [0, 0.05) is 10.9 Å². The molecule has 1 heterocycles. The topological polar surface area (TPSA) is 9.23 Å². The highest BCUT2D eigenvalue weighted by Crippen LogP contribution is 2.63. The lowest BCUT2D eigenvalue weighted by atomic mass is 9.70. The first-order valence-electron chi connectivity index (χ1n) is 15.4. The number of rotatable bonds is 1. The van der Waals surface area contributed by atoms with Crippen LogP contribution in [0.5, 0.6) is 11.5 Å². The van der Waals surface area contributed by atoms with Crippen molar-refractivity contribution in [3.8, 4) is 56.0 Å². The molecule has 0 saturated heterocycles. The van der Waals surface area contributed by atoms with Crippen molar-refractivity contribution >= 4 is 10.8 Å². The molecule has 1 aliphatic heterocycles. The molecule has 0 unspecified atom stereocenters. The highest BCUT2D eigenvalue weighted by molar-refractivity contribution is 6.10. The number of ether oxygens (including phenoxy) is 1. The minimum absolute atomic E-state index is 0.348. The van der Waals surface area contributed by atoms with Crippen LogP contribution >= 0.6 is 0 Å². The van der Waals surface area contributed by atoms with Crippen molar-refractivity contribution in [3.05, 3.63) is 167 Å². The number of benzene rings is 7. The Morgan fingerprint density at radius 3 is 1.66 bits per heavy atom. The summed E-state index contributed by atoms with van der Waals surface area (Å²) in [6, 6.07) is 49.7. The second-order valence-corrected chi connectivity index (χ2v) is 12.5. The van der Waals surface area contributed by atoms with E-state index >= 15 is 0 Å². The number of aryl methyl sites for hydroxylation is 2. The molecule has 7 aromatic rings. The van der Waals surface area contributed by atoms with Crippen molar-refractivity contribution in [1.29, 1.82) is 0 Å². The SMILES string of the molecule is Cc1cc2c(cc1C)-c1cccc3c(-c4ccc5c(c4)C4(c6ccccc6-c6ccccc64)c4ccccc4-5)ccc(c13)O2. The molecule has 7 aromatic carbocycles. The molecule has 1 spiro atoms. The summed E-state index contributed by atoms with van der Waals surface area (Å²) in [4.78, 5) is 0. The predicted molar refractivity (Wildman–Crippen MR) is 181 cm³/mol. The third kappa shape index (κ3) is 2.85. The van der Waals surface area contributed by atoms with Gasteiger partial charge in [0.15, 0.2) is 0 Å². The van der Waals surface area contributed by atoms with Crippen LogP contribution in [0.4, 0.5) is 0 Å². The Morgan fingerprint density at radius 2 is 0.977 bits per heavy atom. The summed E-state index contributed by atoms with van der Waals surface area (Å²) in [5.41, 5.74) is 17.9. The van der Waals surface area contributed by atoms with Crippen molar-refractivity contribution in [1.82, 2.24) is 0 Å². The van der Waals surface area contributed by atoms with Crippen LogP contribution in [0.2, 0.25) is 0 Å². The minimum Gasteiger partial charge on any atom is -0.456 e. The average Bonchev–Trinajstić information content (AvgIpc) is 3.53. The first-order valence-corrected chi connectivity index (χ1v) is 15.4. The molecule has 0 amide bonds. The van der Waals surface area contributed by atoms with Gasteiger partial charge in [0.25, 0.3) is 0 Å². The van der Waals surface area contributed by atoms with Gasteiger partial charge in [-0.05, 0) is 116 Å². The van der Waals surface area contributed by atoms with E-state index < -0.39 is 0 Å². The molecule has 0 aromatic heterocycles. The normalized spacial score (nSPS) is 14.0. The van der Waals surface area contributed by atoms with Crippen LogP contribution in [0.15, 0.2) is 133 Å². The van der Waals surface area contributed by atoms with Crippen LogP contribution in [0.1, 0.15) is 33.4 Å². The Hall–Kier alpha value is -5.40. The van der Waals surface area contributed by atoms with Crippen LogP contribution in [0, 0.1) is 13.8 Å². The van der Waals surface area contributed by atoms with E-state index in [9.17, 15) is 0 Å². The van der Waals surface area contributed by atoms with Gasteiger partial charge in [-0.3, -0.25) is 0 Å². The summed E-state index contributed by atoms with van der Waals surface area (Å²) in [6.45, 7) is 4.33. The fourth-order valence-corrected chi connectivity index (χ4v) is 8.40. The number of hydrogen-bond donors (Lipinski definition) is 0. The molecule has 206 valence electrons. The van der Waals surface area contributed by atoms with Gasteiger partial charge in [0.1, 0.15) is 11.5 Å². The summed E-state index contributed by atoms with van der Waals surface area (Å²) in [7, 11) is 0. The monoisotopic (exact) mass is 560 g/mol. The first kappa shape index (κ1) is 24.1. The zero-order valence-electron chi connectivity index (χ0n) is 24.6. The van der Waals surface area contributed by atoms with Crippen molar-refractivity contribution in [2.45, 2.75) is 19.3 Å². The highest BCUT2D eigenvalue weighted by atomic mass is 16.5. The largest absolute Gasteiger partial charge is 0.456 e. The highest BCUT2D eigenvalue weighted by Gasteiger charge is 2.51. The van der Waals surface area contributed by atoms with E-state index in [1.807, 2.05) is 0 Å². The lowest BCUT2D eigenvalue weighted by Gasteiger charge is -2.30. The summed E-state index contributed by atoms with van der Waals surface area (Å²) < 4.78 is 6.55. The molecule has 0 saturated carbocycles. The molecule has 2 aliphatic carbocycles. The summed E-state index contributed by atoms with van der Waals surface area (Å²) in [6.07, 6.45) is 0. The molecule has 0 atom stereocenters. The molecule has 3 aliphatic rings. The van der Waals surface area contributed by atoms with E-state index in [4.69, 9.17) is 4.74 Å². The summed E-state index contributed by atoms with van der Waals surface area (Å²) in [5, 5.41) is 2.41. The Balaban J connectivity index is 1.26. The quantitative estimate of drug-likeness (QED) is 0.194. The maximum absolute atomic E-state index is 6.55. The van der Waals surface area contributed by atoms with E-state index in [0.717, 1.165) is 11.5 Å². The molecule has 0 bridgehead atoms. The van der Waals surface area contributed by atoms with Gasteiger partial charge in [-0.25, -0.2) is 0 Å². The average molecular weight is 561 g/mol. The van der Waals surface area contributed by atoms with Gasteiger partial charge in [-0.15, -0.1) is 0 Å². The maximum atomic E-state index is 6.55. The number of hydrogen-bond acceptors (Lipinski definition) is 1. The molecular formula is C43H28O. The third-order valence-corrected chi connectivity index (χ3v) is 10.4. The molecule has 0 fully saturated rings. The Labute approximate surface area is 257 Å². The van der Waals surface area contributed by atoms with Gasteiger partial charge in [0.2, 0.25) is 0 Å². The van der Waals surface area contributed by atoms with E-state index in [1.165, 1.54) is 88.7 Å². The summed E-state index contributed by atoms with van der Waals surface area (Å²) >= 11 is 0. The van der Waals surface area contributed by atoms with Crippen LogP contribution in [0.3, 0.4) is 0 Å². The van der Waals surface area contributed by atoms with Gasteiger partial charge >= 0.3 is 0 Å². The van der Waals surface area contributed by atoms with E-state index in [-0.39, 0.29) is 5.41 Å². The van der Waals surface area contributed by atoms with Crippen LogP contribution in [0.25, 0.3) is 55.3 Å². The van der Waals surface area contributed by atoms with Crippen molar-refractivity contribution in [2.24, 2.45) is 0 Å².